The van der Waals surface area contributed by atoms with Crippen LogP contribution in [-0.2, 0) is 4.79 Å². The lowest BCUT2D eigenvalue weighted by atomic mass is 10.0. The highest BCUT2D eigenvalue weighted by atomic mass is 32.1. The lowest BCUT2D eigenvalue weighted by Crippen LogP contribution is -2.37. The quantitative estimate of drug-likeness (QED) is 0.793. The van der Waals surface area contributed by atoms with Crippen molar-refractivity contribution in [2.24, 2.45) is 5.73 Å². The fourth-order valence-electron chi connectivity index (χ4n) is 1.78. The second-order valence-electron chi connectivity index (χ2n) is 4.12. The number of aryl methyl sites for hydroxylation is 1. The van der Waals surface area contributed by atoms with E-state index in [0.717, 1.165) is 0 Å². The molecule has 18 heavy (non-hydrogen) atoms. The molecule has 0 saturated carbocycles. The lowest BCUT2D eigenvalue weighted by Gasteiger charge is -2.26. The van der Waals surface area contributed by atoms with Gasteiger partial charge >= 0.3 is 5.97 Å². The Hall–Kier alpha value is -1.53. The Morgan fingerprint density at radius 1 is 1.61 bits per heavy atom. The summed E-state index contributed by atoms with van der Waals surface area (Å²) in [6.07, 6.45) is 0. The van der Waals surface area contributed by atoms with E-state index in [9.17, 15) is 9.18 Å². The van der Waals surface area contributed by atoms with E-state index in [2.05, 4.69) is 0 Å². The van der Waals surface area contributed by atoms with Crippen LogP contribution in [0.3, 0.4) is 0 Å². The fourth-order valence-corrected chi connectivity index (χ4v) is 2.09. The summed E-state index contributed by atoms with van der Waals surface area (Å²) in [6.45, 7) is 1.44. The van der Waals surface area contributed by atoms with E-state index in [-0.39, 0.29) is 17.4 Å². The molecule has 1 unspecified atom stereocenters. The van der Waals surface area contributed by atoms with Crippen molar-refractivity contribution in [3.63, 3.8) is 0 Å². The SMILES string of the molecule is Cc1cc(C(C(N)=S)N(C)CC(=O)O)ccc1F. The summed E-state index contributed by atoms with van der Waals surface area (Å²) in [5, 5.41) is 8.77. The molecule has 0 bridgehead atoms. The highest BCUT2D eigenvalue weighted by Crippen LogP contribution is 2.22. The third-order valence-electron chi connectivity index (χ3n) is 2.59. The van der Waals surface area contributed by atoms with Crippen LogP contribution in [0.5, 0.6) is 0 Å². The lowest BCUT2D eigenvalue weighted by molar-refractivity contribution is -0.138. The normalized spacial score (nSPS) is 12.4. The molecule has 98 valence electrons. The molecule has 0 amide bonds. The summed E-state index contributed by atoms with van der Waals surface area (Å²) in [4.78, 5) is 12.4. The Bertz CT molecular complexity index is 479. The molecule has 4 nitrogen and oxygen atoms in total. The maximum absolute atomic E-state index is 13.2. The van der Waals surface area contributed by atoms with Crippen LogP contribution in [0.2, 0.25) is 0 Å². The monoisotopic (exact) mass is 270 g/mol. The van der Waals surface area contributed by atoms with Crippen molar-refractivity contribution >= 4 is 23.2 Å². The molecular formula is C12H15FN2O2S. The second kappa shape index (κ2) is 5.88. The van der Waals surface area contributed by atoms with E-state index < -0.39 is 12.0 Å². The summed E-state index contributed by atoms with van der Waals surface area (Å²) in [6, 6.07) is 3.99. The van der Waals surface area contributed by atoms with Crippen LogP contribution in [-0.4, -0.2) is 34.6 Å². The number of carboxylic acid groups (broad SMARTS) is 1. The van der Waals surface area contributed by atoms with Crippen molar-refractivity contribution in [1.29, 1.82) is 0 Å². The van der Waals surface area contributed by atoms with E-state index in [1.54, 1.807) is 26.1 Å². The topological polar surface area (TPSA) is 66.6 Å². The molecule has 0 fully saturated rings. The Morgan fingerprint density at radius 3 is 2.67 bits per heavy atom. The van der Waals surface area contributed by atoms with Crippen molar-refractivity contribution in [3.8, 4) is 0 Å². The molecule has 6 heteroatoms. The molecule has 0 aromatic heterocycles. The Balaban J connectivity index is 3.08. The Kier molecular flexibility index (Phi) is 4.75. The van der Waals surface area contributed by atoms with Gasteiger partial charge in [-0.2, -0.15) is 0 Å². The largest absolute Gasteiger partial charge is 0.480 e. The number of halogens is 1. The van der Waals surface area contributed by atoms with Crippen LogP contribution < -0.4 is 5.73 Å². The molecule has 1 rings (SSSR count). The predicted molar refractivity (Wildman–Crippen MR) is 70.9 cm³/mol. The van der Waals surface area contributed by atoms with Gasteiger partial charge < -0.3 is 10.8 Å². The van der Waals surface area contributed by atoms with Crippen molar-refractivity contribution in [3.05, 3.63) is 35.1 Å². The van der Waals surface area contributed by atoms with Gasteiger partial charge in [-0.25, -0.2) is 4.39 Å². The third-order valence-corrected chi connectivity index (χ3v) is 2.82. The average molecular weight is 270 g/mol. The minimum atomic E-state index is -0.974. The molecule has 1 aromatic carbocycles. The molecule has 0 aliphatic rings. The maximum Gasteiger partial charge on any atom is 0.317 e. The average Bonchev–Trinajstić information content (AvgIpc) is 2.21. The molecule has 3 N–H and O–H groups in total. The number of rotatable bonds is 5. The summed E-state index contributed by atoms with van der Waals surface area (Å²) < 4.78 is 13.2. The highest BCUT2D eigenvalue weighted by Gasteiger charge is 2.22. The van der Waals surface area contributed by atoms with Crippen LogP contribution in [0.1, 0.15) is 17.2 Å². The van der Waals surface area contributed by atoms with E-state index in [4.69, 9.17) is 23.1 Å². The van der Waals surface area contributed by atoms with E-state index in [1.165, 1.54) is 11.0 Å². The molecule has 1 atom stereocenters. The zero-order valence-electron chi connectivity index (χ0n) is 10.2. The van der Waals surface area contributed by atoms with Gasteiger partial charge in [0.25, 0.3) is 0 Å². The van der Waals surface area contributed by atoms with Gasteiger partial charge in [-0.15, -0.1) is 0 Å². The van der Waals surface area contributed by atoms with Crippen LogP contribution >= 0.6 is 12.2 Å². The Morgan fingerprint density at radius 2 is 2.22 bits per heavy atom. The maximum atomic E-state index is 13.2. The van der Waals surface area contributed by atoms with E-state index in [0.29, 0.717) is 11.1 Å². The van der Waals surface area contributed by atoms with Gasteiger partial charge in [0, 0.05) is 0 Å². The van der Waals surface area contributed by atoms with Gasteiger partial charge in [-0.3, -0.25) is 9.69 Å². The highest BCUT2D eigenvalue weighted by molar-refractivity contribution is 7.80. The first kappa shape index (κ1) is 14.5. The van der Waals surface area contributed by atoms with Gasteiger partial charge in [0.1, 0.15) is 5.82 Å². The summed E-state index contributed by atoms with van der Waals surface area (Å²) in [7, 11) is 1.61. The van der Waals surface area contributed by atoms with Crippen molar-refractivity contribution in [1.82, 2.24) is 4.90 Å². The van der Waals surface area contributed by atoms with Crippen molar-refractivity contribution in [2.75, 3.05) is 13.6 Å². The number of thiocarbonyl (C=S) groups is 1. The predicted octanol–water partition coefficient (Wildman–Crippen LogP) is 1.48. The minimum Gasteiger partial charge on any atom is -0.480 e. The fraction of sp³-hybridized carbons (Fsp3) is 0.333. The van der Waals surface area contributed by atoms with Crippen LogP contribution in [0.15, 0.2) is 18.2 Å². The number of likely N-dealkylation sites (N-methyl/N-ethyl adjacent to an activating group) is 1. The number of aliphatic carboxylic acids is 1. The number of hydrogen-bond donors (Lipinski definition) is 2. The van der Waals surface area contributed by atoms with Crippen LogP contribution in [0.25, 0.3) is 0 Å². The van der Waals surface area contributed by atoms with Gasteiger partial charge in [0.05, 0.1) is 17.6 Å². The van der Waals surface area contributed by atoms with Crippen LogP contribution in [0, 0.1) is 12.7 Å². The first-order valence-corrected chi connectivity index (χ1v) is 5.71. The third kappa shape index (κ3) is 3.48. The number of benzene rings is 1. The number of carboxylic acids is 1. The number of nitrogens with zero attached hydrogens (tertiary/aromatic N) is 1. The molecule has 1 aromatic rings. The standard InChI is InChI=1S/C12H15FN2O2S/c1-7-5-8(3-4-9(7)13)11(12(14)18)15(2)6-10(16)17/h3-5,11H,6H2,1-2H3,(H2,14,18)(H,16,17). The molecule has 0 spiro atoms. The van der Waals surface area contributed by atoms with Crippen molar-refractivity contribution in [2.45, 2.75) is 13.0 Å². The summed E-state index contributed by atoms with van der Waals surface area (Å²) in [5.41, 5.74) is 6.79. The van der Waals surface area contributed by atoms with Gasteiger partial charge in [-0.05, 0) is 31.2 Å². The smallest absolute Gasteiger partial charge is 0.317 e. The summed E-state index contributed by atoms with van der Waals surface area (Å²) in [5.74, 6) is -1.29. The number of nitrogens with two attached hydrogens (primary N) is 1. The Labute approximate surface area is 110 Å². The zero-order chi connectivity index (χ0) is 13.9. The molecule has 0 aliphatic carbocycles. The van der Waals surface area contributed by atoms with Gasteiger partial charge in [0.2, 0.25) is 0 Å². The van der Waals surface area contributed by atoms with E-state index >= 15 is 0 Å². The van der Waals surface area contributed by atoms with Crippen molar-refractivity contribution < 1.29 is 14.3 Å². The van der Waals surface area contributed by atoms with Gasteiger partial charge in [0.15, 0.2) is 0 Å². The first-order valence-electron chi connectivity index (χ1n) is 5.30. The molecule has 0 saturated heterocycles. The molecule has 0 radical (unpaired) electrons. The second-order valence-corrected chi connectivity index (χ2v) is 4.59. The summed E-state index contributed by atoms with van der Waals surface area (Å²) >= 11 is 4.95. The van der Waals surface area contributed by atoms with E-state index in [1.807, 2.05) is 0 Å². The minimum absolute atomic E-state index is 0.157. The van der Waals surface area contributed by atoms with Crippen LogP contribution in [0.4, 0.5) is 4.39 Å². The zero-order valence-corrected chi connectivity index (χ0v) is 11.0. The molecule has 0 heterocycles. The number of carbonyl (C=O) groups is 1. The molecule has 0 aliphatic heterocycles. The number of hydrogen-bond acceptors (Lipinski definition) is 3. The molecular weight excluding hydrogens is 255 g/mol. The first-order chi connectivity index (χ1) is 8.32. The van der Waals surface area contributed by atoms with Gasteiger partial charge in [-0.1, -0.05) is 24.4 Å².